The number of allylic oxidation sites excluding steroid dienone is 9. The van der Waals surface area contributed by atoms with E-state index in [9.17, 15) is 17.6 Å². The van der Waals surface area contributed by atoms with Gasteiger partial charge in [0, 0.05) is 36.3 Å². The normalized spacial score (nSPS) is 14.5. The monoisotopic (exact) mass is 452 g/mol. The molecule has 0 amide bonds. The highest BCUT2D eigenvalue weighted by atomic mass is 19.2. The van der Waals surface area contributed by atoms with Crippen molar-refractivity contribution in [3.05, 3.63) is 125 Å². The van der Waals surface area contributed by atoms with Gasteiger partial charge in [0.15, 0.2) is 23.3 Å². The van der Waals surface area contributed by atoms with Crippen LogP contribution >= 0.6 is 0 Å². The zero-order valence-corrected chi connectivity index (χ0v) is 18.5. The molecule has 3 rings (SSSR count). The van der Waals surface area contributed by atoms with Gasteiger partial charge in [-0.1, -0.05) is 43.5 Å². The molecule has 0 unspecified atom stereocenters. The summed E-state index contributed by atoms with van der Waals surface area (Å²) in [4.78, 5) is 6.44. The fourth-order valence-corrected chi connectivity index (χ4v) is 3.85. The first-order valence-electron chi connectivity index (χ1n) is 10.4. The van der Waals surface area contributed by atoms with Crippen molar-refractivity contribution < 1.29 is 17.6 Å². The molecule has 2 nitrogen and oxygen atoms in total. The van der Waals surface area contributed by atoms with E-state index in [1.807, 2.05) is 43.2 Å². The van der Waals surface area contributed by atoms with Crippen LogP contribution in [0.3, 0.4) is 0 Å². The van der Waals surface area contributed by atoms with Gasteiger partial charge in [-0.2, -0.15) is 0 Å². The van der Waals surface area contributed by atoms with Crippen molar-refractivity contribution in [3.8, 4) is 0 Å². The Hall–Kier alpha value is -3.67. The van der Waals surface area contributed by atoms with Crippen LogP contribution in [0.15, 0.2) is 85.4 Å². The van der Waals surface area contributed by atoms with E-state index in [1.165, 1.54) is 12.2 Å². The van der Waals surface area contributed by atoms with Crippen LogP contribution in [0.4, 0.5) is 17.6 Å². The number of nitrogens with zero attached hydrogens (tertiary/aromatic N) is 2. The number of hydrogen-bond acceptors (Lipinski definition) is 2. The summed E-state index contributed by atoms with van der Waals surface area (Å²) in [5.74, 6) is -5.90. The standard InChI is InChI=1S/C27H24F4N2/c1-5-8-11-19(7-3)33(4)23-13-12-18-10-9-14-32-27(18)20(23)15-17(6-2)24-25(30)21(28)16-22(29)26(24)31/h5-11,14-16H,1-2,12-13H2,3-4H3/b11-8-,17-15+,19-7+. The van der Waals surface area contributed by atoms with Gasteiger partial charge in [-0.15, -0.1) is 0 Å². The van der Waals surface area contributed by atoms with Crippen LogP contribution in [0, 0.1) is 23.3 Å². The molecule has 0 atom stereocenters. The molecule has 0 aliphatic heterocycles. The Morgan fingerprint density at radius 2 is 1.79 bits per heavy atom. The number of rotatable bonds is 7. The Kier molecular flexibility index (Phi) is 7.48. The van der Waals surface area contributed by atoms with Crippen LogP contribution in [-0.2, 0) is 6.42 Å². The first-order chi connectivity index (χ1) is 15.8. The molecule has 0 saturated heterocycles. The number of halogens is 4. The summed E-state index contributed by atoms with van der Waals surface area (Å²) >= 11 is 0. The van der Waals surface area contributed by atoms with E-state index in [2.05, 4.69) is 18.1 Å². The van der Waals surface area contributed by atoms with Crippen LogP contribution in [0.25, 0.3) is 11.1 Å². The molecule has 0 radical (unpaired) electrons. The van der Waals surface area contributed by atoms with Gasteiger partial charge in [0.2, 0.25) is 0 Å². The molecular formula is C27H24F4N2. The van der Waals surface area contributed by atoms with Crippen molar-refractivity contribution in [2.75, 3.05) is 7.05 Å². The predicted molar refractivity (Wildman–Crippen MR) is 125 cm³/mol. The zero-order valence-electron chi connectivity index (χ0n) is 18.5. The minimum Gasteiger partial charge on any atom is -0.348 e. The Bertz CT molecular complexity index is 1190. The topological polar surface area (TPSA) is 16.1 Å². The van der Waals surface area contributed by atoms with Crippen molar-refractivity contribution in [2.24, 2.45) is 0 Å². The summed E-state index contributed by atoms with van der Waals surface area (Å²) in [5, 5.41) is 0. The second kappa shape index (κ2) is 10.3. The zero-order chi connectivity index (χ0) is 24.1. The van der Waals surface area contributed by atoms with E-state index in [-0.39, 0.29) is 11.6 Å². The van der Waals surface area contributed by atoms with Crippen LogP contribution < -0.4 is 0 Å². The number of aryl methyl sites for hydroxylation is 1. The maximum atomic E-state index is 14.6. The predicted octanol–water partition coefficient (Wildman–Crippen LogP) is 7.14. The summed E-state index contributed by atoms with van der Waals surface area (Å²) in [7, 11) is 1.87. The third-order valence-corrected chi connectivity index (χ3v) is 5.50. The molecular weight excluding hydrogens is 428 g/mol. The van der Waals surface area contributed by atoms with Gasteiger partial charge in [-0.3, -0.25) is 4.98 Å². The average molecular weight is 452 g/mol. The summed E-state index contributed by atoms with van der Waals surface area (Å²) in [5.41, 5.74) is 2.98. The highest BCUT2D eigenvalue weighted by Crippen LogP contribution is 2.37. The molecule has 0 N–H and O–H groups in total. The maximum Gasteiger partial charge on any atom is 0.169 e. The van der Waals surface area contributed by atoms with Crippen LogP contribution in [-0.4, -0.2) is 16.9 Å². The van der Waals surface area contributed by atoms with Crippen LogP contribution in [0.5, 0.6) is 0 Å². The highest BCUT2D eigenvalue weighted by Gasteiger charge is 2.25. The molecule has 2 aromatic rings. The highest BCUT2D eigenvalue weighted by molar-refractivity contribution is 5.89. The number of benzene rings is 1. The molecule has 0 bridgehead atoms. The lowest BCUT2D eigenvalue weighted by molar-refractivity contribution is 0.450. The maximum absolute atomic E-state index is 14.6. The second-order valence-corrected chi connectivity index (χ2v) is 7.39. The lowest BCUT2D eigenvalue weighted by Crippen LogP contribution is -2.21. The summed E-state index contributed by atoms with van der Waals surface area (Å²) in [6.07, 6.45) is 12.9. The van der Waals surface area contributed by atoms with Crippen molar-refractivity contribution >= 4 is 11.1 Å². The fraction of sp³-hybridized carbons (Fsp3) is 0.148. The van der Waals surface area contributed by atoms with Gasteiger partial charge in [0.1, 0.15) is 0 Å². The first kappa shape index (κ1) is 24.0. The van der Waals surface area contributed by atoms with Gasteiger partial charge < -0.3 is 4.90 Å². The molecule has 170 valence electrons. The second-order valence-electron chi connectivity index (χ2n) is 7.39. The Morgan fingerprint density at radius 1 is 1.09 bits per heavy atom. The molecule has 1 aromatic heterocycles. The number of aromatic nitrogens is 1. The van der Waals surface area contributed by atoms with E-state index >= 15 is 0 Å². The van der Waals surface area contributed by atoms with E-state index < -0.39 is 28.8 Å². The summed E-state index contributed by atoms with van der Waals surface area (Å²) in [6.45, 7) is 9.20. The van der Waals surface area contributed by atoms with Crippen molar-refractivity contribution in [1.82, 2.24) is 9.88 Å². The van der Waals surface area contributed by atoms with Gasteiger partial charge in [0.25, 0.3) is 0 Å². The fourth-order valence-electron chi connectivity index (χ4n) is 3.85. The van der Waals surface area contributed by atoms with Crippen LogP contribution in [0.1, 0.15) is 30.2 Å². The minimum atomic E-state index is -1.48. The molecule has 1 aromatic carbocycles. The lowest BCUT2D eigenvalue weighted by atomic mass is 9.89. The molecule has 1 aliphatic carbocycles. The van der Waals surface area contributed by atoms with Crippen molar-refractivity contribution in [1.29, 1.82) is 0 Å². The quantitative estimate of drug-likeness (QED) is 0.252. The molecule has 6 heteroatoms. The third kappa shape index (κ3) is 4.75. The Labute approximate surface area is 191 Å². The smallest absolute Gasteiger partial charge is 0.169 e. The van der Waals surface area contributed by atoms with Crippen LogP contribution in [0.2, 0.25) is 0 Å². The van der Waals surface area contributed by atoms with Crippen molar-refractivity contribution in [2.45, 2.75) is 19.8 Å². The molecule has 0 spiro atoms. The molecule has 33 heavy (non-hydrogen) atoms. The summed E-state index contributed by atoms with van der Waals surface area (Å²) in [6, 6.07) is 3.93. The third-order valence-electron chi connectivity index (χ3n) is 5.50. The van der Waals surface area contributed by atoms with Gasteiger partial charge in [-0.25, -0.2) is 17.6 Å². The Morgan fingerprint density at radius 3 is 2.39 bits per heavy atom. The molecule has 1 heterocycles. The van der Waals surface area contributed by atoms with E-state index in [0.717, 1.165) is 17.0 Å². The number of fused-ring (bicyclic) bond motifs is 1. The number of likely N-dealkylation sites (N-methyl/N-ethyl adjacent to an activating group) is 1. The van der Waals surface area contributed by atoms with E-state index in [1.54, 1.807) is 18.3 Å². The summed E-state index contributed by atoms with van der Waals surface area (Å²) < 4.78 is 57.0. The Balaban J connectivity index is 2.30. The van der Waals surface area contributed by atoms with E-state index in [4.69, 9.17) is 0 Å². The van der Waals surface area contributed by atoms with E-state index in [0.29, 0.717) is 24.1 Å². The van der Waals surface area contributed by atoms with Gasteiger partial charge >= 0.3 is 0 Å². The molecule has 1 aliphatic rings. The molecule has 0 fully saturated rings. The lowest BCUT2D eigenvalue weighted by Gasteiger charge is -2.30. The SMILES string of the molecule is C=C/C=C\C(=C/C)N(C)C1=C(/C=C(\C=C)c2c(F)c(F)cc(F)c2F)c2ncccc2CC1. The largest absolute Gasteiger partial charge is 0.348 e. The number of hydrogen-bond donors (Lipinski definition) is 0. The van der Waals surface area contributed by atoms with Crippen molar-refractivity contribution in [3.63, 3.8) is 0 Å². The van der Waals surface area contributed by atoms with Gasteiger partial charge in [-0.05, 0) is 49.1 Å². The van der Waals surface area contributed by atoms with Gasteiger partial charge in [0.05, 0.1) is 11.3 Å². The minimum absolute atomic E-state index is 0.0912. The first-order valence-corrected chi connectivity index (χ1v) is 10.4. The average Bonchev–Trinajstić information content (AvgIpc) is 2.82. The molecule has 0 saturated carbocycles. The number of pyridine rings is 1.